The first-order valence-corrected chi connectivity index (χ1v) is 9.54. The molecule has 0 aliphatic rings. The van der Waals surface area contributed by atoms with Crippen LogP contribution in [0.3, 0.4) is 0 Å². The topological polar surface area (TPSA) is 80.3 Å². The van der Waals surface area contributed by atoms with E-state index in [0.717, 1.165) is 46.6 Å². The average Bonchev–Trinajstić information content (AvgIpc) is 3.18. The van der Waals surface area contributed by atoms with Gasteiger partial charge in [-0.1, -0.05) is 18.2 Å². The van der Waals surface area contributed by atoms with Gasteiger partial charge in [-0.3, -0.25) is 0 Å². The minimum atomic E-state index is 0.486. The predicted octanol–water partition coefficient (Wildman–Crippen LogP) is 3.35. The monoisotopic (exact) mass is 380 g/mol. The van der Waals surface area contributed by atoms with Crippen LogP contribution in [0, 0.1) is 27.7 Å². The fraction of sp³-hybridized carbons (Fsp3) is 0.381. The molecule has 148 valence electrons. The Balaban J connectivity index is 1.77. The van der Waals surface area contributed by atoms with Crippen molar-refractivity contribution >= 4 is 5.96 Å². The Labute approximate surface area is 165 Å². The Hall–Kier alpha value is -3.09. The molecule has 1 aromatic carbocycles. The summed E-state index contributed by atoms with van der Waals surface area (Å²) in [5.74, 6) is 2.22. The minimum Gasteiger partial charge on any atom is -0.444 e. The number of aromatic nitrogens is 3. The lowest BCUT2D eigenvalue weighted by atomic mass is 10.2. The van der Waals surface area contributed by atoms with E-state index in [2.05, 4.69) is 45.8 Å². The first-order valence-electron chi connectivity index (χ1n) is 9.54. The number of benzene rings is 1. The fourth-order valence-corrected chi connectivity index (χ4v) is 3.00. The van der Waals surface area contributed by atoms with E-state index in [1.807, 2.05) is 44.5 Å². The number of guanidine groups is 1. The molecule has 0 spiro atoms. The Morgan fingerprint density at radius 3 is 2.57 bits per heavy atom. The van der Waals surface area contributed by atoms with Gasteiger partial charge in [-0.25, -0.2) is 14.7 Å². The van der Waals surface area contributed by atoms with Gasteiger partial charge in [-0.05, 0) is 52.3 Å². The molecule has 3 aromatic rings. The summed E-state index contributed by atoms with van der Waals surface area (Å²) in [6.45, 7) is 11.8. The summed E-state index contributed by atoms with van der Waals surface area (Å²) in [5, 5.41) is 11.2. The molecule has 2 aromatic heterocycles. The van der Waals surface area contributed by atoms with Crippen LogP contribution in [0.1, 0.15) is 41.2 Å². The van der Waals surface area contributed by atoms with Crippen LogP contribution in [-0.4, -0.2) is 27.3 Å². The Morgan fingerprint density at radius 2 is 1.93 bits per heavy atom. The maximum absolute atomic E-state index is 5.63. The summed E-state index contributed by atoms with van der Waals surface area (Å²) in [6.07, 6.45) is 0. The predicted molar refractivity (Wildman–Crippen MR) is 111 cm³/mol. The Kier molecular flexibility index (Phi) is 6.13. The molecule has 2 N–H and O–H groups in total. The highest BCUT2D eigenvalue weighted by molar-refractivity contribution is 5.79. The molecule has 7 heteroatoms. The highest BCUT2D eigenvalue weighted by atomic mass is 16.4. The zero-order chi connectivity index (χ0) is 20.1. The number of nitrogens with zero attached hydrogens (tertiary/aromatic N) is 4. The molecule has 0 amide bonds. The first kappa shape index (κ1) is 19.7. The number of aliphatic imine (C=N–C) groups is 1. The van der Waals surface area contributed by atoms with E-state index in [4.69, 9.17) is 9.41 Å². The van der Waals surface area contributed by atoms with Crippen molar-refractivity contribution in [3.8, 4) is 5.69 Å². The molecule has 0 saturated heterocycles. The highest BCUT2D eigenvalue weighted by Crippen LogP contribution is 2.17. The molecule has 3 rings (SSSR count). The molecule has 0 saturated carbocycles. The molecule has 2 heterocycles. The lowest BCUT2D eigenvalue weighted by molar-refractivity contribution is 0.463. The van der Waals surface area contributed by atoms with Crippen LogP contribution in [0.15, 0.2) is 39.7 Å². The van der Waals surface area contributed by atoms with Crippen molar-refractivity contribution in [1.29, 1.82) is 0 Å². The molecule has 0 unspecified atom stereocenters. The third-order valence-electron chi connectivity index (χ3n) is 4.46. The summed E-state index contributed by atoms with van der Waals surface area (Å²) in [7, 11) is 0. The normalized spacial score (nSPS) is 11.7. The Bertz CT molecular complexity index is 950. The van der Waals surface area contributed by atoms with Crippen LogP contribution in [0.5, 0.6) is 0 Å². The van der Waals surface area contributed by atoms with Gasteiger partial charge in [0, 0.05) is 12.2 Å². The summed E-state index contributed by atoms with van der Waals surface area (Å²) < 4.78 is 7.60. The second kappa shape index (κ2) is 8.73. The number of rotatable bonds is 6. The smallest absolute Gasteiger partial charge is 0.214 e. The molecular weight excluding hydrogens is 352 g/mol. The summed E-state index contributed by atoms with van der Waals surface area (Å²) in [4.78, 5) is 9.14. The zero-order valence-electron chi connectivity index (χ0n) is 17.2. The molecule has 7 nitrogen and oxygen atoms in total. The molecule has 0 radical (unpaired) electrons. The number of oxazole rings is 1. The van der Waals surface area contributed by atoms with Gasteiger partial charge in [0.05, 0.1) is 30.2 Å². The Morgan fingerprint density at radius 1 is 1.14 bits per heavy atom. The third-order valence-corrected chi connectivity index (χ3v) is 4.46. The quantitative estimate of drug-likeness (QED) is 0.506. The summed E-state index contributed by atoms with van der Waals surface area (Å²) in [5.41, 5.74) is 5.17. The number of hydrogen-bond acceptors (Lipinski definition) is 4. The van der Waals surface area contributed by atoms with Crippen molar-refractivity contribution in [1.82, 2.24) is 25.4 Å². The van der Waals surface area contributed by atoms with Crippen LogP contribution in [0.4, 0.5) is 0 Å². The van der Waals surface area contributed by atoms with Gasteiger partial charge in [0.1, 0.15) is 5.76 Å². The lowest BCUT2D eigenvalue weighted by Gasteiger charge is -2.12. The van der Waals surface area contributed by atoms with Gasteiger partial charge >= 0.3 is 0 Å². The fourth-order valence-electron chi connectivity index (χ4n) is 3.00. The molecule has 0 aliphatic heterocycles. The SMILES string of the molecule is CCNC(=NCc1ccccc1-n1nc(C)cc1C)NCc1nc(C)c(C)o1. The van der Waals surface area contributed by atoms with Crippen LogP contribution >= 0.6 is 0 Å². The van der Waals surface area contributed by atoms with Crippen molar-refractivity contribution in [3.63, 3.8) is 0 Å². The molecule has 0 fully saturated rings. The van der Waals surface area contributed by atoms with E-state index in [1.54, 1.807) is 0 Å². The van der Waals surface area contributed by atoms with E-state index in [1.165, 1.54) is 0 Å². The van der Waals surface area contributed by atoms with Gasteiger partial charge < -0.3 is 15.1 Å². The van der Waals surface area contributed by atoms with Crippen LogP contribution in [0.2, 0.25) is 0 Å². The standard InChI is InChI=1S/C21H28N6O/c1-6-22-21(24-13-20-25-16(4)17(5)28-20)23-12-18-9-7-8-10-19(18)27-15(3)11-14(2)26-27/h7-11H,6,12-13H2,1-5H3,(H2,22,23,24). The number of para-hydroxylation sites is 1. The van der Waals surface area contributed by atoms with E-state index in [-0.39, 0.29) is 0 Å². The molecule has 0 atom stereocenters. The minimum absolute atomic E-state index is 0.486. The molecular formula is C21H28N6O. The first-order chi connectivity index (χ1) is 13.5. The van der Waals surface area contributed by atoms with Crippen molar-refractivity contribution in [2.75, 3.05) is 6.54 Å². The highest BCUT2D eigenvalue weighted by Gasteiger charge is 2.10. The molecule has 0 bridgehead atoms. The number of hydrogen-bond donors (Lipinski definition) is 2. The van der Waals surface area contributed by atoms with Crippen LogP contribution < -0.4 is 10.6 Å². The molecule has 0 aliphatic carbocycles. The van der Waals surface area contributed by atoms with E-state index in [0.29, 0.717) is 19.0 Å². The van der Waals surface area contributed by atoms with E-state index in [9.17, 15) is 0 Å². The average molecular weight is 380 g/mol. The largest absolute Gasteiger partial charge is 0.444 e. The van der Waals surface area contributed by atoms with Gasteiger partial charge in [0.2, 0.25) is 5.89 Å². The van der Waals surface area contributed by atoms with Gasteiger partial charge in [-0.2, -0.15) is 5.10 Å². The van der Waals surface area contributed by atoms with E-state index >= 15 is 0 Å². The summed E-state index contributed by atoms with van der Waals surface area (Å²) in [6, 6.07) is 10.3. The number of nitrogens with one attached hydrogen (secondary N) is 2. The second-order valence-corrected chi connectivity index (χ2v) is 6.77. The van der Waals surface area contributed by atoms with Gasteiger partial charge in [-0.15, -0.1) is 0 Å². The van der Waals surface area contributed by atoms with Crippen molar-refractivity contribution in [2.45, 2.75) is 47.7 Å². The van der Waals surface area contributed by atoms with Crippen molar-refractivity contribution in [3.05, 3.63) is 64.6 Å². The summed E-state index contributed by atoms with van der Waals surface area (Å²) >= 11 is 0. The third kappa shape index (κ3) is 4.60. The maximum Gasteiger partial charge on any atom is 0.214 e. The zero-order valence-corrected chi connectivity index (χ0v) is 17.2. The number of aryl methyl sites for hydroxylation is 4. The van der Waals surface area contributed by atoms with Crippen LogP contribution in [-0.2, 0) is 13.1 Å². The van der Waals surface area contributed by atoms with E-state index < -0.39 is 0 Å². The van der Waals surface area contributed by atoms with Crippen molar-refractivity contribution < 1.29 is 4.42 Å². The van der Waals surface area contributed by atoms with Gasteiger partial charge in [0.25, 0.3) is 0 Å². The lowest BCUT2D eigenvalue weighted by Crippen LogP contribution is -2.36. The second-order valence-electron chi connectivity index (χ2n) is 6.77. The van der Waals surface area contributed by atoms with Crippen molar-refractivity contribution in [2.24, 2.45) is 4.99 Å². The maximum atomic E-state index is 5.63. The van der Waals surface area contributed by atoms with Gasteiger partial charge in [0.15, 0.2) is 5.96 Å². The molecule has 28 heavy (non-hydrogen) atoms. The van der Waals surface area contributed by atoms with Crippen LogP contribution in [0.25, 0.3) is 5.69 Å².